The molecule has 0 amide bonds. The fraction of sp³-hybridized carbons (Fsp3) is 0.250. The number of rotatable bonds is 1. The zero-order valence-electron chi connectivity index (χ0n) is 7.79. The molecule has 0 fully saturated rings. The SMILES string of the molecule is NCc1ccnc2c(Br)c(C(F)(F)F)nn12. The summed E-state index contributed by atoms with van der Waals surface area (Å²) in [6.07, 6.45) is -3.12. The van der Waals surface area contributed by atoms with E-state index in [0.717, 1.165) is 4.52 Å². The zero-order chi connectivity index (χ0) is 11.9. The number of hydrogen-bond acceptors (Lipinski definition) is 3. The molecule has 2 rings (SSSR count). The molecule has 86 valence electrons. The quantitative estimate of drug-likeness (QED) is 0.875. The Morgan fingerprint density at radius 1 is 1.44 bits per heavy atom. The second kappa shape index (κ2) is 3.70. The highest BCUT2D eigenvalue weighted by atomic mass is 79.9. The number of aromatic nitrogens is 3. The van der Waals surface area contributed by atoms with Crippen LogP contribution in [0.4, 0.5) is 13.2 Å². The molecule has 0 bridgehead atoms. The van der Waals surface area contributed by atoms with Crippen LogP contribution in [-0.2, 0) is 12.7 Å². The third-order valence-corrected chi connectivity index (χ3v) is 2.75. The molecular weight excluding hydrogens is 289 g/mol. The van der Waals surface area contributed by atoms with Gasteiger partial charge in [0.05, 0.1) is 10.2 Å². The predicted molar refractivity (Wildman–Crippen MR) is 53.6 cm³/mol. The fourth-order valence-corrected chi connectivity index (χ4v) is 1.88. The largest absolute Gasteiger partial charge is 0.436 e. The highest BCUT2D eigenvalue weighted by Crippen LogP contribution is 2.35. The highest BCUT2D eigenvalue weighted by molar-refractivity contribution is 9.10. The van der Waals surface area contributed by atoms with Crippen LogP contribution in [0.5, 0.6) is 0 Å². The monoisotopic (exact) mass is 294 g/mol. The summed E-state index contributed by atoms with van der Waals surface area (Å²) in [4.78, 5) is 3.82. The Morgan fingerprint density at radius 3 is 2.69 bits per heavy atom. The third-order valence-electron chi connectivity index (χ3n) is 2.02. The summed E-state index contributed by atoms with van der Waals surface area (Å²) in [7, 11) is 0. The lowest BCUT2D eigenvalue weighted by molar-refractivity contribution is -0.141. The van der Waals surface area contributed by atoms with Crippen molar-refractivity contribution in [3.8, 4) is 0 Å². The van der Waals surface area contributed by atoms with Crippen molar-refractivity contribution in [2.24, 2.45) is 5.73 Å². The van der Waals surface area contributed by atoms with Crippen molar-refractivity contribution in [3.05, 3.63) is 28.1 Å². The van der Waals surface area contributed by atoms with Crippen LogP contribution >= 0.6 is 15.9 Å². The van der Waals surface area contributed by atoms with Crippen molar-refractivity contribution in [3.63, 3.8) is 0 Å². The van der Waals surface area contributed by atoms with Crippen LogP contribution in [0.1, 0.15) is 11.4 Å². The van der Waals surface area contributed by atoms with Crippen molar-refractivity contribution in [2.45, 2.75) is 12.7 Å². The summed E-state index contributed by atoms with van der Waals surface area (Å²) < 4.78 is 38.6. The number of nitrogens with zero attached hydrogens (tertiary/aromatic N) is 3. The molecule has 0 aliphatic heterocycles. The van der Waals surface area contributed by atoms with E-state index in [9.17, 15) is 13.2 Å². The van der Waals surface area contributed by atoms with Gasteiger partial charge in [-0.2, -0.15) is 18.3 Å². The maximum Gasteiger partial charge on any atom is 0.436 e. The van der Waals surface area contributed by atoms with Crippen molar-refractivity contribution in [2.75, 3.05) is 0 Å². The number of halogens is 4. The molecule has 0 atom stereocenters. The van der Waals surface area contributed by atoms with Crippen molar-refractivity contribution < 1.29 is 13.2 Å². The fourth-order valence-electron chi connectivity index (χ4n) is 1.30. The van der Waals surface area contributed by atoms with Crippen molar-refractivity contribution >= 4 is 21.6 Å². The topological polar surface area (TPSA) is 56.2 Å². The Morgan fingerprint density at radius 2 is 2.12 bits per heavy atom. The van der Waals surface area contributed by atoms with Gasteiger partial charge in [0.2, 0.25) is 0 Å². The van der Waals surface area contributed by atoms with Crippen LogP contribution in [0, 0.1) is 0 Å². The molecule has 0 saturated heterocycles. The van der Waals surface area contributed by atoms with E-state index >= 15 is 0 Å². The Bertz CT molecular complexity index is 534. The first-order chi connectivity index (χ1) is 7.45. The Labute approximate surface area is 96.4 Å². The summed E-state index contributed by atoms with van der Waals surface area (Å²) >= 11 is 2.84. The van der Waals surface area contributed by atoms with Gasteiger partial charge in [-0.15, -0.1) is 0 Å². The molecule has 2 N–H and O–H groups in total. The molecule has 0 spiro atoms. The minimum Gasteiger partial charge on any atom is -0.325 e. The number of alkyl halides is 3. The van der Waals surface area contributed by atoms with Crippen LogP contribution in [0.3, 0.4) is 0 Å². The van der Waals surface area contributed by atoms with Crippen LogP contribution in [0.25, 0.3) is 5.65 Å². The first kappa shape index (κ1) is 11.3. The molecular formula is C8H6BrF3N4. The van der Waals surface area contributed by atoms with Gasteiger partial charge in [-0.3, -0.25) is 0 Å². The van der Waals surface area contributed by atoms with E-state index in [0.29, 0.717) is 5.69 Å². The number of fused-ring (bicyclic) bond motifs is 1. The van der Waals surface area contributed by atoms with Crippen LogP contribution in [0.2, 0.25) is 0 Å². The highest BCUT2D eigenvalue weighted by Gasteiger charge is 2.38. The van der Waals surface area contributed by atoms with Crippen molar-refractivity contribution in [1.29, 1.82) is 0 Å². The second-order valence-corrected chi connectivity index (χ2v) is 3.83. The summed E-state index contributed by atoms with van der Waals surface area (Å²) in [5, 5.41) is 3.46. The zero-order valence-corrected chi connectivity index (χ0v) is 9.38. The standard InChI is InChI=1S/C8H6BrF3N4/c9-5-6(8(10,11)12)15-16-4(3-13)1-2-14-7(5)16/h1-2H,3,13H2. The average Bonchev–Trinajstić information content (AvgIpc) is 2.56. The van der Waals surface area contributed by atoms with Crippen molar-refractivity contribution in [1.82, 2.24) is 14.6 Å². The first-order valence-corrected chi connectivity index (χ1v) is 5.04. The van der Waals surface area contributed by atoms with E-state index in [4.69, 9.17) is 5.73 Å². The number of hydrogen-bond donors (Lipinski definition) is 1. The molecule has 2 aromatic heterocycles. The number of nitrogens with two attached hydrogens (primary N) is 1. The van der Waals surface area contributed by atoms with Gasteiger partial charge in [0.1, 0.15) is 0 Å². The maximum absolute atomic E-state index is 12.6. The molecule has 8 heteroatoms. The van der Waals surface area contributed by atoms with Gasteiger partial charge in [0, 0.05) is 12.7 Å². The molecule has 0 radical (unpaired) electrons. The lowest BCUT2D eigenvalue weighted by atomic mass is 10.4. The van der Waals surface area contributed by atoms with E-state index in [-0.39, 0.29) is 16.7 Å². The maximum atomic E-state index is 12.6. The van der Waals surface area contributed by atoms with E-state index in [1.165, 1.54) is 12.3 Å². The molecule has 0 unspecified atom stereocenters. The lowest BCUT2D eigenvalue weighted by Crippen LogP contribution is -2.09. The summed E-state index contributed by atoms with van der Waals surface area (Å²) in [6, 6.07) is 1.52. The van der Waals surface area contributed by atoms with E-state index in [2.05, 4.69) is 26.0 Å². The molecule has 0 saturated carbocycles. The van der Waals surface area contributed by atoms with Crippen LogP contribution < -0.4 is 5.73 Å². The average molecular weight is 295 g/mol. The molecule has 4 nitrogen and oxygen atoms in total. The van der Waals surface area contributed by atoms with Gasteiger partial charge in [-0.05, 0) is 22.0 Å². The predicted octanol–water partition coefficient (Wildman–Crippen LogP) is 1.97. The van der Waals surface area contributed by atoms with E-state index < -0.39 is 11.9 Å². The van der Waals surface area contributed by atoms with Gasteiger partial charge >= 0.3 is 6.18 Å². The van der Waals surface area contributed by atoms with Crippen LogP contribution in [0.15, 0.2) is 16.7 Å². The molecule has 0 aliphatic carbocycles. The van der Waals surface area contributed by atoms with Gasteiger partial charge in [-0.25, -0.2) is 9.50 Å². The Balaban J connectivity index is 2.77. The van der Waals surface area contributed by atoms with E-state index in [1.807, 2.05) is 0 Å². The van der Waals surface area contributed by atoms with E-state index in [1.54, 1.807) is 0 Å². The third kappa shape index (κ3) is 1.67. The van der Waals surface area contributed by atoms with Crippen LogP contribution in [-0.4, -0.2) is 14.6 Å². The molecule has 2 heterocycles. The minimum atomic E-state index is -4.52. The summed E-state index contributed by atoms with van der Waals surface area (Å²) in [5.41, 5.74) is 4.97. The normalized spacial score (nSPS) is 12.3. The van der Waals surface area contributed by atoms with Gasteiger partial charge < -0.3 is 5.73 Å². The lowest BCUT2D eigenvalue weighted by Gasteiger charge is -2.01. The first-order valence-electron chi connectivity index (χ1n) is 4.24. The van der Waals surface area contributed by atoms with Gasteiger partial charge in [-0.1, -0.05) is 0 Å². The molecule has 16 heavy (non-hydrogen) atoms. The molecule has 2 aromatic rings. The molecule has 0 aliphatic rings. The summed E-state index contributed by atoms with van der Waals surface area (Å²) in [5.74, 6) is 0. The second-order valence-electron chi connectivity index (χ2n) is 3.04. The summed E-state index contributed by atoms with van der Waals surface area (Å²) in [6.45, 7) is 0.0877. The molecule has 0 aromatic carbocycles. The minimum absolute atomic E-state index is 0.0877. The smallest absolute Gasteiger partial charge is 0.325 e. The van der Waals surface area contributed by atoms with Gasteiger partial charge in [0.15, 0.2) is 11.3 Å². The Hall–Kier alpha value is -1.15. The Kier molecular flexibility index (Phi) is 2.62. The van der Waals surface area contributed by atoms with Gasteiger partial charge in [0.25, 0.3) is 0 Å².